The molecule has 1 saturated heterocycles. The van der Waals surface area contributed by atoms with Crippen LogP contribution >= 0.6 is 0 Å². The summed E-state index contributed by atoms with van der Waals surface area (Å²) in [5.74, 6) is 0. The fourth-order valence-electron chi connectivity index (χ4n) is 2.26. The highest BCUT2D eigenvalue weighted by molar-refractivity contribution is 5.89. The zero-order valence-electron chi connectivity index (χ0n) is 13.0. The van der Waals surface area contributed by atoms with Gasteiger partial charge < -0.3 is 24.8 Å². The minimum atomic E-state index is -0.215. The van der Waals surface area contributed by atoms with Crippen LogP contribution in [0.2, 0.25) is 0 Å². The van der Waals surface area contributed by atoms with Crippen molar-refractivity contribution < 1.29 is 19.0 Å². The van der Waals surface area contributed by atoms with E-state index >= 15 is 0 Å². The molecule has 0 aliphatic carbocycles. The first kappa shape index (κ1) is 16.7. The summed E-state index contributed by atoms with van der Waals surface area (Å²) in [7, 11) is 1.64. The summed E-state index contributed by atoms with van der Waals surface area (Å²) < 4.78 is 15.9. The second kappa shape index (κ2) is 9.40. The molecule has 6 nitrogen and oxygen atoms in total. The summed E-state index contributed by atoms with van der Waals surface area (Å²) in [6, 6.07) is 7.39. The van der Waals surface area contributed by atoms with E-state index in [1.807, 2.05) is 24.3 Å². The van der Waals surface area contributed by atoms with Gasteiger partial charge in [0.2, 0.25) is 0 Å². The number of rotatable bonds is 8. The van der Waals surface area contributed by atoms with E-state index < -0.39 is 0 Å². The molecule has 0 spiro atoms. The number of carbonyl (C=O) groups excluding carboxylic acids is 1. The first-order valence-corrected chi connectivity index (χ1v) is 7.60. The molecule has 0 saturated carbocycles. The average molecular weight is 308 g/mol. The van der Waals surface area contributed by atoms with Gasteiger partial charge in [-0.3, -0.25) is 0 Å². The highest BCUT2D eigenvalue weighted by atomic mass is 16.5. The van der Waals surface area contributed by atoms with Crippen LogP contribution in [0.4, 0.5) is 10.5 Å². The molecule has 0 aromatic heterocycles. The van der Waals surface area contributed by atoms with Gasteiger partial charge in [-0.1, -0.05) is 12.1 Å². The van der Waals surface area contributed by atoms with Crippen LogP contribution in [-0.2, 0) is 20.8 Å². The fourth-order valence-corrected chi connectivity index (χ4v) is 2.26. The Kier molecular flexibility index (Phi) is 7.15. The first-order chi connectivity index (χ1) is 10.8. The lowest BCUT2D eigenvalue weighted by Crippen LogP contribution is -2.35. The summed E-state index contributed by atoms with van der Waals surface area (Å²) >= 11 is 0. The molecular weight excluding hydrogens is 284 g/mol. The number of hydrogen-bond donors (Lipinski definition) is 2. The molecule has 1 heterocycles. The van der Waals surface area contributed by atoms with Gasteiger partial charge >= 0.3 is 6.03 Å². The van der Waals surface area contributed by atoms with Gasteiger partial charge in [0, 0.05) is 25.9 Å². The zero-order chi connectivity index (χ0) is 15.6. The zero-order valence-corrected chi connectivity index (χ0v) is 13.0. The molecule has 1 fully saturated rings. The van der Waals surface area contributed by atoms with E-state index in [2.05, 4.69) is 10.6 Å². The number of anilines is 1. The number of hydrogen-bond acceptors (Lipinski definition) is 4. The third kappa shape index (κ3) is 6.01. The van der Waals surface area contributed by atoms with Crippen LogP contribution in [0, 0.1) is 0 Å². The van der Waals surface area contributed by atoms with E-state index in [0.29, 0.717) is 26.4 Å². The Morgan fingerprint density at radius 2 is 2.32 bits per heavy atom. The Morgan fingerprint density at radius 1 is 1.41 bits per heavy atom. The van der Waals surface area contributed by atoms with E-state index in [9.17, 15) is 4.79 Å². The van der Waals surface area contributed by atoms with Gasteiger partial charge in [0.05, 0.1) is 25.9 Å². The third-order valence-corrected chi connectivity index (χ3v) is 3.40. The maximum Gasteiger partial charge on any atom is 0.319 e. The van der Waals surface area contributed by atoms with Crippen molar-refractivity contribution >= 4 is 11.7 Å². The second-order valence-corrected chi connectivity index (χ2v) is 5.22. The predicted molar refractivity (Wildman–Crippen MR) is 84.0 cm³/mol. The molecule has 0 radical (unpaired) electrons. The largest absolute Gasteiger partial charge is 0.382 e. The predicted octanol–water partition coefficient (Wildman–Crippen LogP) is 2.15. The van der Waals surface area contributed by atoms with Crippen molar-refractivity contribution in [3.8, 4) is 0 Å². The molecule has 1 aromatic carbocycles. The molecule has 6 heteroatoms. The summed E-state index contributed by atoms with van der Waals surface area (Å²) in [5.41, 5.74) is 1.76. The number of nitrogens with one attached hydrogen (secondary N) is 2. The Morgan fingerprint density at radius 3 is 3.09 bits per heavy atom. The van der Waals surface area contributed by atoms with Gasteiger partial charge in [-0.2, -0.15) is 0 Å². The fraction of sp³-hybridized carbons (Fsp3) is 0.562. The number of ether oxygens (including phenoxy) is 3. The third-order valence-electron chi connectivity index (χ3n) is 3.40. The van der Waals surface area contributed by atoms with Crippen LogP contribution in [0.3, 0.4) is 0 Å². The number of urea groups is 1. The van der Waals surface area contributed by atoms with Gasteiger partial charge in [0.25, 0.3) is 0 Å². The van der Waals surface area contributed by atoms with Crippen molar-refractivity contribution in [1.82, 2.24) is 5.32 Å². The molecule has 1 aromatic rings. The van der Waals surface area contributed by atoms with Crippen molar-refractivity contribution in [3.05, 3.63) is 29.8 Å². The van der Waals surface area contributed by atoms with Crippen LogP contribution in [0.15, 0.2) is 24.3 Å². The van der Waals surface area contributed by atoms with Crippen molar-refractivity contribution in [2.24, 2.45) is 0 Å². The van der Waals surface area contributed by atoms with Crippen molar-refractivity contribution in [3.63, 3.8) is 0 Å². The van der Waals surface area contributed by atoms with Crippen molar-refractivity contribution in [2.45, 2.75) is 25.6 Å². The van der Waals surface area contributed by atoms with E-state index in [-0.39, 0.29) is 12.1 Å². The summed E-state index contributed by atoms with van der Waals surface area (Å²) in [5, 5.41) is 5.65. The minimum absolute atomic E-state index is 0.145. The standard InChI is InChI=1S/C16H24N2O4/c1-20-8-9-21-12-13-4-2-5-14(10-13)18-16(19)17-11-15-6-3-7-22-15/h2,4-5,10,15H,3,6-9,11-12H2,1H3,(H2,17,18,19)/t15-/m1/s1. The van der Waals surface area contributed by atoms with Gasteiger partial charge in [0.1, 0.15) is 0 Å². The smallest absolute Gasteiger partial charge is 0.319 e. The summed E-state index contributed by atoms with van der Waals surface area (Å²) in [4.78, 5) is 11.9. The molecule has 1 aliphatic heterocycles. The lowest BCUT2D eigenvalue weighted by molar-refractivity contribution is 0.0617. The van der Waals surface area contributed by atoms with Crippen LogP contribution < -0.4 is 10.6 Å². The van der Waals surface area contributed by atoms with E-state index in [1.54, 1.807) is 7.11 Å². The lowest BCUT2D eigenvalue weighted by Gasteiger charge is -2.12. The lowest BCUT2D eigenvalue weighted by atomic mass is 10.2. The molecular formula is C16H24N2O4. The number of carbonyl (C=O) groups is 1. The monoisotopic (exact) mass is 308 g/mol. The Bertz CT molecular complexity index is 461. The Hall–Kier alpha value is -1.63. The summed E-state index contributed by atoms with van der Waals surface area (Å²) in [6.45, 7) is 2.96. The van der Waals surface area contributed by atoms with Gasteiger partial charge in [-0.05, 0) is 30.5 Å². The average Bonchev–Trinajstić information content (AvgIpc) is 3.03. The topological polar surface area (TPSA) is 68.8 Å². The number of amides is 2. The molecule has 0 bridgehead atoms. The van der Waals surface area contributed by atoms with E-state index in [4.69, 9.17) is 14.2 Å². The van der Waals surface area contributed by atoms with Crippen LogP contribution in [-0.4, -0.2) is 45.6 Å². The molecule has 22 heavy (non-hydrogen) atoms. The Labute approximate surface area is 131 Å². The van der Waals surface area contributed by atoms with Gasteiger partial charge in [0.15, 0.2) is 0 Å². The van der Waals surface area contributed by atoms with Gasteiger partial charge in [-0.25, -0.2) is 4.79 Å². The van der Waals surface area contributed by atoms with Crippen molar-refractivity contribution in [2.75, 3.05) is 38.8 Å². The molecule has 0 unspecified atom stereocenters. The number of methoxy groups -OCH3 is 1. The summed E-state index contributed by atoms with van der Waals surface area (Å²) in [6.07, 6.45) is 2.22. The van der Waals surface area contributed by atoms with Crippen molar-refractivity contribution in [1.29, 1.82) is 0 Å². The molecule has 122 valence electrons. The van der Waals surface area contributed by atoms with Crippen LogP contribution in [0.1, 0.15) is 18.4 Å². The quantitative estimate of drug-likeness (QED) is 0.722. The first-order valence-electron chi connectivity index (χ1n) is 7.60. The Balaban J connectivity index is 1.72. The van der Waals surface area contributed by atoms with E-state index in [1.165, 1.54) is 0 Å². The highest BCUT2D eigenvalue weighted by Gasteiger charge is 2.16. The molecule has 2 amide bonds. The maximum absolute atomic E-state index is 11.9. The molecule has 1 aliphatic rings. The number of benzene rings is 1. The van der Waals surface area contributed by atoms with Gasteiger partial charge in [-0.15, -0.1) is 0 Å². The minimum Gasteiger partial charge on any atom is -0.382 e. The van der Waals surface area contributed by atoms with Crippen LogP contribution in [0.5, 0.6) is 0 Å². The molecule has 1 atom stereocenters. The molecule has 2 rings (SSSR count). The normalized spacial score (nSPS) is 17.4. The van der Waals surface area contributed by atoms with Crippen LogP contribution in [0.25, 0.3) is 0 Å². The van der Waals surface area contributed by atoms with E-state index in [0.717, 1.165) is 30.7 Å². The maximum atomic E-state index is 11.9. The highest BCUT2D eigenvalue weighted by Crippen LogP contribution is 2.12. The second-order valence-electron chi connectivity index (χ2n) is 5.22. The molecule has 2 N–H and O–H groups in total. The SMILES string of the molecule is COCCOCc1cccc(NC(=O)NC[C@H]2CCCO2)c1.